The van der Waals surface area contributed by atoms with Crippen molar-refractivity contribution in [2.45, 2.75) is 13.3 Å². The summed E-state index contributed by atoms with van der Waals surface area (Å²) in [6.45, 7) is 1.91. The first-order valence-electron chi connectivity index (χ1n) is 6.15. The molecule has 0 spiro atoms. The van der Waals surface area contributed by atoms with Gasteiger partial charge in [0, 0.05) is 12.0 Å². The Kier molecular flexibility index (Phi) is 4.06. The Morgan fingerprint density at radius 3 is 2.60 bits per heavy atom. The molecule has 0 fully saturated rings. The second-order valence-electron chi connectivity index (χ2n) is 4.61. The summed E-state index contributed by atoms with van der Waals surface area (Å²) in [6.07, 6.45) is 5.79. The van der Waals surface area contributed by atoms with E-state index < -0.39 is 5.92 Å². The molecular weight excluding hydrogens is 276 g/mol. The number of methoxy groups -OCH3 is 2. The van der Waals surface area contributed by atoms with E-state index in [1.165, 1.54) is 7.11 Å². The summed E-state index contributed by atoms with van der Waals surface area (Å²) in [6, 6.07) is 3.62. The zero-order chi connectivity index (χ0) is 14.9. The highest BCUT2D eigenvalue weighted by atomic mass is 35.5. The number of carbonyl (C=O) groups is 1. The Morgan fingerprint density at radius 2 is 2.05 bits per heavy atom. The number of carbonyl (C=O) groups excluding carboxylic acids is 1. The van der Waals surface area contributed by atoms with Crippen LogP contribution in [0.5, 0.6) is 5.75 Å². The molecule has 1 aliphatic carbocycles. The van der Waals surface area contributed by atoms with Gasteiger partial charge in [-0.05, 0) is 24.6 Å². The van der Waals surface area contributed by atoms with Crippen molar-refractivity contribution in [3.63, 3.8) is 0 Å². The van der Waals surface area contributed by atoms with Crippen LogP contribution in [-0.2, 0) is 9.53 Å². The van der Waals surface area contributed by atoms with E-state index in [-0.39, 0.29) is 5.78 Å². The smallest absolute Gasteiger partial charge is 0.182 e. The van der Waals surface area contributed by atoms with Crippen molar-refractivity contribution in [3.8, 4) is 18.1 Å². The largest absolute Gasteiger partial charge is 0.500 e. The maximum absolute atomic E-state index is 12.4. The van der Waals surface area contributed by atoms with Crippen LogP contribution in [0, 0.1) is 25.2 Å². The molecule has 1 aromatic rings. The highest BCUT2D eigenvalue weighted by Crippen LogP contribution is 2.42. The fraction of sp³-hybridized carbons (Fsp3) is 0.312. The summed E-state index contributed by atoms with van der Waals surface area (Å²) in [5.41, 5.74) is 1.94. The summed E-state index contributed by atoms with van der Waals surface area (Å²) in [4.78, 5) is 12.4. The highest BCUT2D eigenvalue weighted by molar-refractivity contribution is 6.36. The molecule has 4 heteroatoms. The Hall–Kier alpha value is -1.92. The SMILES string of the molecule is C#CC1CC(OC)=C(c2c(Cl)cc(C)cc2OC)C1=O. The van der Waals surface area contributed by atoms with Gasteiger partial charge in [0.2, 0.25) is 0 Å². The number of halogens is 1. The number of terminal acetylenes is 1. The van der Waals surface area contributed by atoms with E-state index in [1.54, 1.807) is 13.2 Å². The molecule has 0 bridgehead atoms. The summed E-state index contributed by atoms with van der Waals surface area (Å²) < 4.78 is 10.7. The van der Waals surface area contributed by atoms with Crippen molar-refractivity contribution in [1.82, 2.24) is 0 Å². The van der Waals surface area contributed by atoms with E-state index in [4.69, 9.17) is 27.5 Å². The Balaban J connectivity index is 2.67. The third kappa shape index (κ3) is 2.28. The van der Waals surface area contributed by atoms with Crippen molar-refractivity contribution in [2.24, 2.45) is 5.92 Å². The van der Waals surface area contributed by atoms with E-state index in [0.29, 0.717) is 34.1 Å². The Bertz CT molecular complexity index is 638. The van der Waals surface area contributed by atoms with Crippen molar-refractivity contribution in [2.75, 3.05) is 14.2 Å². The lowest BCUT2D eigenvalue weighted by Gasteiger charge is -2.13. The number of hydrogen-bond donors (Lipinski definition) is 0. The monoisotopic (exact) mass is 290 g/mol. The van der Waals surface area contributed by atoms with E-state index in [9.17, 15) is 4.79 Å². The van der Waals surface area contributed by atoms with Gasteiger partial charge in [-0.15, -0.1) is 6.42 Å². The number of rotatable bonds is 3. The van der Waals surface area contributed by atoms with Gasteiger partial charge in [0.05, 0.1) is 30.7 Å². The quantitative estimate of drug-likeness (QED) is 0.802. The minimum Gasteiger partial charge on any atom is -0.500 e. The van der Waals surface area contributed by atoms with Crippen molar-refractivity contribution in [1.29, 1.82) is 0 Å². The van der Waals surface area contributed by atoms with Crippen LogP contribution in [0.3, 0.4) is 0 Å². The molecule has 0 saturated heterocycles. The molecule has 2 rings (SSSR count). The minimum atomic E-state index is -0.498. The van der Waals surface area contributed by atoms with Crippen LogP contribution in [-0.4, -0.2) is 20.0 Å². The first-order valence-corrected chi connectivity index (χ1v) is 6.53. The van der Waals surface area contributed by atoms with Crippen LogP contribution in [0.1, 0.15) is 17.5 Å². The molecule has 1 aliphatic rings. The fourth-order valence-corrected chi connectivity index (χ4v) is 2.75. The average Bonchev–Trinajstić information content (AvgIpc) is 2.74. The van der Waals surface area contributed by atoms with Crippen LogP contribution in [0.2, 0.25) is 5.02 Å². The number of benzene rings is 1. The molecule has 0 aromatic heterocycles. The van der Waals surface area contributed by atoms with E-state index in [2.05, 4.69) is 5.92 Å². The third-order valence-electron chi connectivity index (χ3n) is 3.35. The van der Waals surface area contributed by atoms with Crippen LogP contribution < -0.4 is 4.74 Å². The maximum Gasteiger partial charge on any atom is 0.182 e. The minimum absolute atomic E-state index is 0.145. The Morgan fingerprint density at radius 1 is 1.35 bits per heavy atom. The molecule has 3 nitrogen and oxygen atoms in total. The average molecular weight is 291 g/mol. The first kappa shape index (κ1) is 14.5. The number of allylic oxidation sites excluding steroid dienone is 2. The maximum atomic E-state index is 12.4. The second kappa shape index (κ2) is 5.60. The van der Waals surface area contributed by atoms with E-state index >= 15 is 0 Å². The van der Waals surface area contributed by atoms with Crippen molar-refractivity contribution >= 4 is 23.0 Å². The normalized spacial score (nSPS) is 18.1. The summed E-state index contributed by atoms with van der Waals surface area (Å²) in [5.74, 6) is 2.95. The lowest BCUT2D eigenvalue weighted by atomic mass is 9.98. The van der Waals surface area contributed by atoms with Gasteiger partial charge in [-0.3, -0.25) is 4.79 Å². The zero-order valence-corrected chi connectivity index (χ0v) is 12.4. The number of ketones is 1. The molecule has 0 radical (unpaired) electrons. The molecule has 0 heterocycles. The Labute approximate surface area is 123 Å². The molecule has 0 amide bonds. The van der Waals surface area contributed by atoms with Crippen LogP contribution in [0.15, 0.2) is 17.9 Å². The van der Waals surface area contributed by atoms with Gasteiger partial charge in [-0.1, -0.05) is 17.5 Å². The molecular formula is C16H15ClO3. The second-order valence-corrected chi connectivity index (χ2v) is 5.02. The molecule has 1 aromatic carbocycles. The number of ether oxygens (including phenoxy) is 2. The molecule has 0 saturated carbocycles. The highest BCUT2D eigenvalue weighted by Gasteiger charge is 2.36. The van der Waals surface area contributed by atoms with Gasteiger partial charge in [0.15, 0.2) is 5.78 Å². The summed E-state index contributed by atoms with van der Waals surface area (Å²) in [7, 11) is 3.07. The van der Waals surface area contributed by atoms with Gasteiger partial charge >= 0.3 is 0 Å². The summed E-state index contributed by atoms with van der Waals surface area (Å²) in [5, 5.41) is 0.456. The number of aryl methyl sites for hydroxylation is 1. The fourth-order valence-electron chi connectivity index (χ4n) is 2.39. The van der Waals surface area contributed by atoms with Gasteiger partial charge in [-0.2, -0.15) is 0 Å². The van der Waals surface area contributed by atoms with Gasteiger partial charge < -0.3 is 9.47 Å². The molecule has 1 atom stereocenters. The number of hydrogen-bond acceptors (Lipinski definition) is 3. The standard InChI is InChI=1S/C16H15ClO3/c1-5-10-8-13(20-4)15(16(10)18)14-11(17)6-9(2)7-12(14)19-3/h1,6-7,10H,8H2,2-4H3. The number of Topliss-reactive ketones (excluding diaryl/α,β-unsaturated/α-hetero) is 1. The first-order chi connectivity index (χ1) is 9.53. The molecule has 0 aliphatic heterocycles. The lowest BCUT2D eigenvalue weighted by molar-refractivity contribution is -0.115. The molecule has 20 heavy (non-hydrogen) atoms. The van der Waals surface area contributed by atoms with Crippen LogP contribution in [0.25, 0.3) is 5.57 Å². The topological polar surface area (TPSA) is 35.5 Å². The van der Waals surface area contributed by atoms with Crippen LogP contribution >= 0.6 is 11.6 Å². The van der Waals surface area contributed by atoms with Gasteiger partial charge in [-0.25, -0.2) is 0 Å². The van der Waals surface area contributed by atoms with E-state index in [0.717, 1.165) is 5.56 Å². The van der Waals surface area contributed by atoms with Crippen molar-refractivity contribution < 1.29 is 14.3 Å². The summed E-state index contributed by atoms with van der Waals surface area (Å²) >= 11 is 6.30. The predicted octanol–water partition coefficient (Wildman–Crippen LogP) is 3.24. The molecule has 0 N–H and O–H groups in total. The van der Waals surface area contributed by atoms with Gasteiger partial charge in [0.1, 0.15) is 11.5 Å². The lowest BCUT2D eigenvalue weighted by Crippen LogP contribution is -2.08. The molecule has 1 unspecified atom stereocenters. The van der Waals surface area contributed by atoms with Crippen LogP contribution in [0.4, 0.5) is 0 Å². The zero-order valence-electron chi connectivity index (χ0n) is 11.6. The predicted molar refractivity (Wildman–Crippen MR) is 78.6 cm³/mol. The third-order valence-corrected chi connectivity index (χ3v) is 3.65. The molecule has 104 valence electrons. The van der Waals surface area contributed by atoms with E-state index in [1.807, 2.05) is 13.0 Å². The van der Waals surface area contributed by atoms with Crippen molar-refractivity contribution in [3.05, 3.63) is 34.0 Å². The van der Waals surface area contributed by atoms with Gasteiger partial charge in [0.25, 0.3) is 0 Å².